The molecule has 1 atom stereocenters. The average molecular weight is 322 g/mol. The first-order valence-corrected chi connectivity index (χ1v) is 8.18. The number of hydrogen-bond acceptors (Lipinski definition) is 3. The Kier molecular flexibility index (Phi) is 7.55. The Labute approximate surface area is 129 Å². The molecule has 0 heterocycles. The molecule has 1 unspecified atom stereocenters. The monoisotopic (exact) mass is 321 g/mol. The topological polar surface area (TPSA) is 32.3 Å². The van der Waals surface area contributed by atoms with Crippen LogP contribution < -0.4 is 5.32 Å². The summed E-state index contributed by atoms with van der Waals surface area (Å²) >= 11 is 13.6. The van der Waals surface area contributed by atoms with Crippen molar-refractivity contribution in [2.45, 2.75) is 36.6 Å². The lowest BCUT2D eigenvalue weighted by Crippen LogP contribution is -2.45. The molecule has 0 radical (unpaired) electrons. The SMILES string of the molecule is CCC(CO)(CCCSc1ccc(Cl)c(Cl)c1)NC. The van der Waals surface area contributed by atoms with Crippen molar-refractivity contribution in [1.82, 2.24) is 5.32 Å². The zero-order valence-electron chi connectivity index (χ0n) is 11.4. The van der Waals surface area contributed by atoms with Crippen LogP contribution in [0.25, 0.3) is 0 Å². The van der Waals surface area contributed by atoms with Crippen LogP contribution in [-0.4, -0.2) is 30.1 Å². The molecule has 19 heavy (non-hydrogen) atoms. The number of rotatable bonds is 8. The van der Waals surface area contributed by atoms with Crippen molar-refractivity contribution in [2.75, 3.05) is 19.4 Å². The molecule has 2 nitrogen and oxygen atoms in total. The van der Waals surface area contributed by atoms with Gasteiger partial charge in [0, 0.05) is 10.4 Å². The fraction of sp³-hybridized carbons (Fsp3) is 0.571. The largest absolute Gasteiger partial charge is 0.394 e. The van der Waals surface area contributed by atoms with Gasteiger partial charge in [-0.2, -0.15) is 0 Å². The summed E-state index contributed by atoms with van der Waals surface area (Å²) in [5.74, 6) is 1.00. The summed E-state index contributed by atoms with van der Waals surface area (Å²) in [7, 11) is 1.91. The molecule has 0 aliphatic rings. The van der Waals surface area contributed by atoms with E-state index in [4.69, 9.17) is 23.2 Å². The van der Waals surface area contributed by atoms with Crippen LogP contribution in [-0.2, 0) is 0 Å². The minimum Gasteiger partial charge on any atom is -0.394 e. The van der Waals surface area contributed by atoms with Crippen molar-refractivity contribution in [1.29, 1.82) is 0 Å². The number of hydrogen-bond donors (Lipinski definition) is 2. The number of aliphatic hydroxyl groups is 1. The Morgan fingerprint density at radius 3 is 2.58 bits per heavy atom. The van der Waals surface area contributed by atoms with Gasteiger partial charge in [0.05, 0.1) is 16.7 Å². The maximum Gasteiger partial charge on any atom is 0.0613 e. The van der Waals surface area contributed by atoms with Crippen LogP contribution in [0.3, 0.4) is 0 Å². The minimum atomic E-state index is -0.141. The van der Waals surface area contributed by atoms with Gasteiger partial charge in [-0.1, -0.05) is 30.1 Å². The highest BCUT2D eigenvalue weighted by Gasteiger charge is 2.23. The minimum absolute atomic E-state index is 0.141. The zero-order chi connectivity index (χ0) is 14.3. The number of benzene rings is 1. The van der Waals surface area contributed by atoms with Crippen LogP contribution >= 0.6 is 35.0 Å². The number of likely N-dealkylation sites (N-methyl/N-ethyl adjacent to an activating group) is 1. The highest BCUT2D eigenvalue weighted by Crippen LogP contribution is 2.29. The van der Waals surface area contributed by atoms with Crippen LogP contribution in [0.2, 0.25) is 10.0 Å². The van der Waals surface area contributed by atoms with Crippen LogP contribution in [0.5, 0.6) is 0 Å². The molecule has 5 heteroatoms. The summed E-state index contributed by atoms with van der Waals surface area (Å²) in [4.78, 5) is 1.13. The summed E-state index contributed by atoms with van der Waals surface area (Å²) in [6.07, 6.45) is 2.93. The van der Waals surface area contributed by atoms with Gasteiger partial charge in [-0.3, -0.25) is 0 Å². The molecule has 108 valence electrons. The standard InChI is InChI=1S/C14H21Cl2NOS/c1-3-14(10-18,17-2)7-4-8-19-11-5-6-12(15)13(16)9-11/h5-6,9,17-18H,3-4,7-8,10H2,1-2H3. The fourth-order valence-corrected chi connectivity index (χ4v) is 3.17. The molecule has 1 rings (SSSR count). The molecule has 1 aromatic rings. The summed E-state index contributed by atoms with van der Waals surface area (Å²) in [5, 5.41) is 13.9. The molecular formula is C14H21Cl2NOS. The first-order chi connectivity index (χ1) is 9.06. The van der Waals surface area contributed by atoms with Gasteiger partial charge in [0.1, 0.15) is 0 Å². The normalized spacial score (nSPS) is 14.4. The van der Waals surface area contributed by atoms with Crippen molar-refractivity contribution < 1.29 is 5.11 Å². The van der Waals surface area contributed by atoms with E-state index in [1.807, 2.05) is 25.2 Å². The van der Waals surface area contributed by atoms with Crippen LogP contribution in [0.15, 0.2) is 23.1 Å². The van der Waals surface area contributed by atoms with Crippen molar-refractivity contribution >= 4 is 35.0 Å². The second-order valence-corrected chi connectivity index (χ2v) is 6.55. The lowest BCUT2D eigenvalue weighted by molar-refractivity contribution is 0.154. The molecule has 2 N–H and O–H groups in total. The number of nitrogens with one attached hydrogen (secondary N) is 1. The first kappa shape index (κ1) is 17.1. The molecule has 0 aliphatic heterocycles. The summed E-state index contributed by atoms with van der Waals surface area (Å²) < 4.78 is 0. The maximum absolute atomic E-state index is 9.46. The van der Waals surface area contributed by atoms with Gasteiger partial charge >= 0.3 is 0 Å². The molecule has 0 aromatic heterocycles. The number of thioether (sulfide) groups is 1. The van der Waals surface area contributed by atoms with E-state index in [9.17, 15) is 5.11 Å². The summed E-state index contributed by atoms with van der Waals surface area (Å²) in [5.41, 5.74) is -0.141. The third-order valence-corrected chi connectivity index (χ3v) is 5.29. The van der Waals surface area contributed by atoms with Crippen molar-refractivity contribution in [2.24, 2.45) is 0 Å². The number of halogens is 2. The van der Waals surface area contributed by atoms with E-state index in [0.29, 0.717) is 10.0 Å². The van der Waals surface area contributed by atoms with Crippen LogP contribution in [0.4, 0.5) is 0 Å². The van der Waals surface area contributed by atoms with E-state index in [0.717, 1.165) is 29.9 Å². The van der Waals surface area contributed by atoms with E-state index in [1.165, 1.54) is 0 Å². The first-order valence-electron chi connectivity index (χ1n) is 6.44. The lowest BCUT2D eigenvalue weighted by Gasteiger charge is -2.30. The summed E-state index contributed by atoms with van der Waals surface area (Å²) in [6.45, 7) is 2.27. The predicted octanol–water partition coefficient (Wildman–Crippen LogP) is 4.23. The molecule has 0 bridgehead atoms. The maximum atomic E-state index is 9.46. The van der Waals surface area contributed by atoms with E-state index in [1.54, 1.807) is 11.8 Å². The molecule has 0 saturated carbocycles. The molecule has 0 spiro atoms. The Bertz CT molecular complexity index is 389. The van der Waals surface area contributed by atoms with E-state index in [-0.39, 0.29) is 12.1 Å². The Morgan fingerprint density at radius 1 is 1.32 bits per heavy atom. The molecular weight excluding hydrogens is 301 g/mol. The second kappa shape index (κ2) is 8.38. The van der Waals surface area contributed by atoms with E-state index < -0.39 is 0 Å². The van der Waals surface area contributed by atoms with Gasteiger partial charge < -0.3 is 10.4 Å². The van der Waals surface area contributed by atoms with Crippen molar-refractivity contribution in [3.63, 3.8) is 0 Å². The molecule has 0 fully saturated rings. The average Bonchev–Trinajstić information content (AvgIpc) is 2.44. The Balaban J connectivity index is 2.40. The quantitative estimate of drug-likeness (QED) is 0.555. The predicted molar refractivity (Wildman–Crippen MR) is 85.6 cm³/mol. The molecule has 1 aromatic carbocycles. The Morgan fingerprint density at radius 2 is 2.05 bits per heavy atom. The summed E-state index contributed by atoms with van der Waals surface area (Å²) in [6, 6.07) is 5.70. The molecule has 0 saturated heterocycles. The van der Waals surface area contributed by atoms with Gasteiger partial charge in [0.15, 0.2) is 0 Å². The Hall–Kier alpha value is 0.0700. The second-order valence-electron chi connectivity index (χ2n) is 4.57. The highest BCUT2D eigenvalue weighted by molar-refractivity contribution is 7.99. The van der Waals surface area contributed by atoms with Gasteiger partial charge in [0.2, 0.25) is 0 Å². The fourth-order valence-electron chi connectivity index (χ4n) is 1.92. The van der Waals surface area contributed by atoms with Gasteiger partial charge in [0.25, 0.3) is 0 Å². The van der Waals surface area contributed by atoms with Gasteiger partial charge in [-0.05, 0) is 50.3 Å². The van der Waals surface area contributed by atoms with Crippen molar-refractivity contribution in [3.05, 3.63) is 28.2 Å². The van der Waals surface area contributed by atoms with Crippen molar-refractivity contribution in [3.8, 4) is 0 Å². The highest BCUT2D eigenvalue weighted by atomic mass is 35.5. The zero-order valence-corrected chi connectivity index (χ0v) is 13.7. The molecule has 0 amide bonds. The smallest absolute Gasteiger partial charge is 0.0613 e. The third-order valence-electron chi connectivity index (χ3n) is 3.47. The third kappa shape index (κ3) is 5.16. The van der Waals surface area contributed by atoms with Crippen LogP contribution in [0.1, 0.15) is 26.2 Å². The lowest BCUT2D eigenvalue weighted by atomic mass is 9.92. The van der Waals surface area contributed by atoms with Gasteiger partial charge in [-0.25, -0.2) is 0 Å². The van der Waals surface area contributed by atoms with Crippen LogP contribution in [0, 0.1) is 0 Å². The van der Waals surface area contributed by atoms with Gasteiger partial charge in [-0.15, -0.1) is 11.8 Å². The van der Waals surface area contributed by atoms with E-state index >= 15 is 0 Å². The number of aliphatic hydroxyl groups excluding tert-OH is 1. The van der Waals surface area contributed by atoms with E-state index in [2.05, 4.69) is 12.2 Å². The molecule has 0 aliphatic carbocycles.